The quantitative estimate of drug-likeness (QED) is 0.560. The first-order valence-electron chi connectivity index (χ1n) is 11.5. The fraction of sp³-hybridized carbons (Fsp3) is 0.385. The number of ether oxygens (including phenoxy) is 1. The van der Waals surface area contributed by atoms with Crippen LogP contribution in [0.1, 0.15) is 36.5 Å². The Kier molecular flexibility index (Phi) is 5.70. The topological polar surface area (TPSA) is 53.1 Å². The summed E-state index contributed by atoms with van der Waals surface area (Å²) in [5.41, 5.74) is 3.32. The van der Waals surface area contributed by atoms with Crippen molar-refractivity contribution in [3.8, 4) is 0 Å². The van der Waals surface area contributed by atoms with Crippen LogP contribution in [-0.4, -0.2) is 60.5 Å². The van der Waals surface area contributed by atoms with E-state index < -0.39 is 5.60 Å². The number of benzene rings is 2. The van der Waals surface area contributed by atoms with Crippen molar-refractivity contribution in [2.45, 2.75) is 41.6 Å². The van der Waals surface area contributed by atoms with Gasteiger partial charge >= 0.3 is 6.09 Å². The number of carbonyl (C=O) groups is 2. The lowest BCUT2D eigenvalue weighted by Crippen LogP contribution is -2.46. The van der Waals surface area contributed by atoms with Crippen LogP contribution in [0.25, 0.3) is 0 Å². The number of Topliss-reactive ketones (excluding diaryl/α,β-unsaturated/α-hetero) is 1. The molecular formula is C26H29N3O3S. The summed E-state index contributed by atoms with van der Waals surface area (Å²) >= 11 is 1.76. The number of ketones is 1. The van der Waals surface area contributed by atoms with E-state index in [1.165, 1.54) is 20.4 Å². The van der Waals surface area contributed by atoms with Gasteiger partial charge in [0, 0.05) is 54.9 Å². The van der Waals surface area contributed by atoms with E-state index in [1.807, 2.05) is 12.1 Å². The van der Waals surface area contributed by atoms with E-state index in [0.717, 1.165) is 62.4 Å². The van der Waals surface area contributed by atoms with Crippen molar-refractivity contribution >= 4 is 35.0 Å². The van der Waals surface area contributed by atoms with Gasteiger partial charge in [-0.15, -0.1) is 0 Å². The molecule has 3 aliphatic rings. The average Bonchev–Trinajstić information content (AvgIpc) is 3.02. The SMILES string of the molecule is C=C1N(C)C(=O)OC12CCN(CCCN1c3ccccc3Sc3ccc(C(C)=O)cc31)CC2. The molecule has 1 amide bonds. The molecule has 7 heteroatoms. The third kappa shape index (κ3) is 3.93. The lowest BCUT2D eigenvalue weighted by molar-refractivity contribution is 0.0147. The summed E-state index contributed by atoms with van der Waals surface area (Å²) in [7, 11) is 1.73. The molecule has 2 saturated heterocycles. The summed E-state index contributed by atoms with van der Waals surface area (Å²) < 4.78 is 5.69. The molecule has 2 aromatic carbocycles. The fourth-order valence-corrected chi connectivity index (χ4v) is 6.06. The zero-order valence-corrected chi connectivity index (χ0v) is 20.0. The molecule has 0 bridgehead atoms. The Bertz CT molecular complexity index is 1120. The van der Waals surface area contributed by atoms with Crippen LogP contribution in [0.4, 0.5) is 16.2 Å². The number of likely N-dealkylation sites (N-methyl/N-ethyl adjacent to an activating group) is 1. The van der Waals surface area contributed by atoms with Crippen molar-refractivity contribution in [3.63, 3.8) is 0 Å². The molecule has 33 heavy (non-hydrogen) atoms. The Balaban J connectivity index is 1.26. The first-order chi connectivity index (χ1) is 15.9. The van der Waals surface area contributed by atoms with Crippen LogP contribution >= 0.6 is 11.8 Å². The van der Waals surface area contributed by atoms with Gasteiger partial charge in [-0.25, -0.2) is 4.79 Å². The van der Waals surface area contributed by atoms with Crippen molar-refractivity contribution < 1.29 is 14.3 Å². The normalized spacial score (nSPS) is 19.5. The van der Waals surface area contributed by atoms with Gasteiger partial charge in [0.2, 0.25) is 0 Å². The third-order valence-corrected chi connectivity index (χ3v) is 8.17. The maximum Gasteiger partial charge on any atom is 0.414 e. The number of fused-ring (bicyclic) bond motifs is 2. The molecule has 2 fully saturated rings. The number of carbonyl (C=O) groups excluding carboxylic acids is 2. The summed E-state index contributed by atoms with van der Waals surface area (Å²) in [5.74, 6) is 0.0868. The van der Waals surface area contributed by atoms with Gasteiger partial charge in [0.25, 0.3) is 0 Å². The molecule has 2 aromatic rings. The number of rotatable bonds is 5. The number of nitrogens with zero attached hydrogens (tertiary/aromatic N) is 3. The highest BCUT2D eigenvalue weighted by atomic mass is 32.2. The molecule has 3 heterocycles. The van der Waals surface area contributed by atoms with Crippen LogP contribution in [-0.2, 0) is 4.74 Å². The molecular weight excluding hydrogens is 434 g/mol. The smallest absolute Gasteiger partial charge is 0.414 e. The van der Waals surface area contributed by atoms with E-state index in [2.05, 4.69) is 46.7 Å². The molecule has 0 N–H and O–H groups in total. The van der Waals surface area contributed by atoms with E-state index in [0.29, 0.717) is 0 Å². The summed E-state index contributed by atoms with van der Waals surface area (Å²) in [4.78, 5) is 32.7. The maximum atomic E-state index is 12.0. The van der Waals surface area contributed by atoms with Crippen LogP contribution in [0.2, 0.25) is 0 Å². The average molecular weight is 464 g/mol. The highest BCUT2D eigenvalue weighted by Gasteiger charge is 2.49. The Morgan fingerprint density at radius 1 is 1.09 bits per heavy atom. The largest absolute Gasteiger partial charge is 0.436 e. The second-order valence-corrected chi connectivity index (χ2v) is 10.1. The molecule has 0 radical (unpaired) electrons. The Morgan fingerprint density at radius 3 is 2.52 bits per heavy atom. The lowest BCUT2D eigenvalue weighted by Gasteiger charge is -2.38. The highest BCUT2D eigenvalue weighted by Crippen LogP contribution is 2.48. The predicted octanol–water partition coefficient (Wildman–Crippen LogP) is 5.31. The van der Waals surface area contributed by atoms with Crippen molar-refractivity contribution in [2.75, 3.05) is 38.1 Å². The van der Waals surface area contributed by atoms with Gasteiger partial charge < -0.3 is 14.5 Å². The first-order valence-corrected chi connectivity index (χ1v) is 12.3. The molecule has 0 atom stereocenters. The number of para-hydroxylation sites is 1. The zero-order valence-electron chi connectivity index (χ0n) is 19.2. The molecule has 5 rings (SSSR count). The molecule has 0 aromatic heterocycles. The van der Waals surface area contributed by atoms with Crippen molar-refractivity contribution in [1.82, 2.24) is 9.80 Å². The first kappa shape index (κ1) is 22.0. The van der Waals surface area contributed by atoms with E-state index >= 15 is 0 Å². The van der Waals surface area contributed by atoms with E-state index in [9.17, 15) is 9.59 Å². The van der Waals surface area contributed by atoms with Gasteiger partial charge in [-0.1, -0.05) is 36.5 Å². The van der Waals surface area contributed by atoms with E-state index in [1.54, 1.807) is 25.7 Å². The Morgan fingerprint density at radius 2 is 1.82 bits per heavy atom. The van der Waals surface area contributed by atoms with Crippen molar-refractivity contribution in [1.29, 1.82) is 0 Å². The monoisotopic (exact) mass is 463 g/mol. The van der Waals surface area contributed by atoms with Gasteiger partial charge in [0.05, 0.1) is 17.1 Å². The summed E-state index contributed by atoms with van der Waals surface area (Å²) in [6, 6.07) is 14.5. The van der Waals surface area contributed by atoms with Crippen LogP contribution < -0.4 is 4.90 Å². The highest BCUT2D eigenvalue weighted by molar-refractivity contribution is 7.99. The van der Waals surface area contributed by atoms with Gasteiger partial charge in [-0.3, -0.25) is 9.69 Å². The van der Waals surface area contributed by atoms with Crippen molar-refractivity contribution in [2.24, 2.45) is 0 Å². The summed E-state index contributed by atoms with van der Waals surface area (Å²) in [6.45, 7) is 9.34. The molecule has 6 nitrogen and oxygen atoms in total. The minimum Gasteiger partial charge on any atom is -0.436 e. The molecule has 1 spiro atoms. The third-order valence-electron chi connectivity index (χ3n) is 7.04. The molecule has 0 saturated carbocycles. The van der Waals surface area contributed by atoms with Crippen LogP contribution in [0, 0.1) is 0 Å². The zero-order chi connectivity index (χ0) is 23.2. The van der Waals surface area contributed by atoms with Crippen LogP contribution in [0.15, 0.2) is 64.5 Å². The number of amides is 1. The summed E-state index contributed by atoms with van der Waals surface area (Å²) in [5, 5.41) is 0. The van der Waals surface area contributed by atoms with E-state index in [4.69, 9.17) is 4.74 Å². The Labute approximate surface area is 199 Å². The van der Waals surface area contributed by atoms with Crippen molar-refractivity contribution in [3.05, 3.63) is 60.3 Å². The number of hydrogen-bond acceptors (Lipinski definition) is 6. The Hall–Kier alpha value is -2.77. The molecule has 3 aliphatic heterocycles. The maximum absolute atomic E-state index is 12.0. The minimum absolute atomic E-state index is 0.0868. The molecule has 172 valence electrons. The molecule has 0 unspecified atom stereocenters. The predicted molar refractivity (Wildman–Crippen MR) is 130 cm³/mol. The number of likely N-dealkylation sites (tertiary alicyclic amines) is 1. The van der Waals surface area contributed by atoms with Gasteiger partial charge in [0.1, 0.15) is 0 Å². The molecule has 0 aliphatic carbocycles. The fourth-order valence-electron chi connectivity index (χ4n) is 4.98. The summed E-state index contributed by atoms with van der Waals surface area (Å²) in [6.07, 6.45) is 2.28. The van der Waals surface area contributed by atoms with Gasteiger partial charge in [-0.2, -0.15) is 0 Å². The van der Waals surface area contributed by atoms with Crippen LogP contribution in [0.5, 0.6) is 0 Å². The van der Waals surface area contributed by atoms with Crippen LogP contribution in [0.3, 0.4) is 0 Å². The number of piperidine rings is 1. The lowest BCUT2D eigenvalue weighted by atomic mass is 9.88. The van der Waals surface area contributed by atoms with E-state index in [-0.39, 0.29) is 11.9 Å². The number of hydrogen-bond donors (Lipinski definition) is 0. The van der Waals surface area contributed by atoms with Gasteiger partial charge in [0.15, 0.2) is 11.4 Å². The standard InChI is InChI=1S/C26H29N3O3S/c1-18(30)20-9-10-24-22(17-20)29(21-7-4-5-8-23(21)33-24)14-6-13-28-15-11-26(12-16-28)19(2)27(3)25(31)32-26/h4-5,7-10,17H,2,6,11-16H2,1,3H3. The number of anilines is 2. The second kappa shape index (κ2) is 8.54. The van der Waals surface area contributed by atoms with Gasteiger partial charge in [-0.05, 0) is 44.2 Å². The second-order valence-electron chi connectivity index (χ2n) is 9.02. The minimum atomic E-state index is -0.520.